The zero-order valence-corrected chi connectivity index (χ0v) is 9.50. The molecule has 6 heteroatoms. The quantitative estimate of drug-likeness (QED) is 0.371. The van der Waals surface area contributed by atoms with Crippen molar-refractivity contribution in [2.45, 2.75) is 26.4 Å². The van der Waals surface area contributed by atoms with E-state index in [1.165, 1.54) is 6.92 Å². The summed E-state index contributed by atoms with van der Waals surface area (Å²) in [4.78, 5) is 20.3. The molecule has 0 spiro atoms. The maximum atomic E-state index is 11.4. The summed E-state index contributed by atoms with van der Waals surface area (Å²) in [6.07, 6.45) is 0.0484. The van der Waals surface area contributed by atoms with Crippen molar-refractivity contribution in [3.8, 4) is 0 Å². The van der Waals surface area contributed by atoms with Gasteiger partial charge in [-0.3, -0.25) is 9.45 Å². The van der Waals surface area contributed by atoms with Crippen LogP contribution < -0.4 is 0 Å². The second-order valence-electron chi connectivity index (χ2n) is 2.73. The van der Waals surface area contributed by atoms with Gasteiger partial charge in [0.25, 0.3) is 0 Å². The highest BCUT2D eigenvalue weighted by Gasteiger charge is 2.37. The zero-order valence-electron chi connectivity index (χ0n) is 8.61. The second kappa shape index (κ2) is 6.87. The van der Waals surface area contributed by atoms with Gasteiger partial charge < -0.3 is 4.74 Å². The molecule has 0 N–H and O–H groups in total. The molecule has 1 atom stereocenters. The van der Waals surface area contributed by atoms with Crippen LogP contribution in [0, 0.1) is 0 Å². The first-order chi connectivity index (χ1) is 6.60. The summed E-state index contributed by atoms with van der Waals surface area (Å²) in [7, 11) is -0.168. The molecule has 0 fully saturated rings. The molecular weight excluding hydrogens is 207 g/mol. The summed E-state index contributed by atoms with van der Waals surface area (Å²) >= 11 is 0. The van der Waals surface area contributed by atoms with E-state index in [1.807, 2.05) is 0 Å². The van der Waals surface area contributed by atoms with Crippen molar-refractivity contribution >= 4 is 14.4 Å². The van der Waals surface area contributed by atoms with Gasteiger partial charge in [-0.05, 0) is 20.8 Å². The Morgan fingerprint density at radius 1 is 1.36 bits per heavy atom. The van der Waals surface area contributed by atoms with Gasteiger partial charge in [0, 0.05) is 6.61 Å². The summed E-state index contributed by atoms with van der Waals surface area (Å²) in [5.74, 6) is -0.662. The molecule has 0 saturated heterocycles. The highest BCUT2D eigenvalue weighted by atomic mass is 31.1. The monoisotopic (exact) mass is 222 g/mol. The number of carbonyl (C=O) groups is 1. The molecule has 82 valence electrons. The third-order valence-corrected chi connectivity index (χ3v) is 2.25. The van der Waals surface area contributed by atoms with Gasteiger partial charge in [0.15, 0.2) is 14.1 Å². The molecular formula is C8H15O5P. The van der Waals surface area contributed by atoms with Crippen LogP contribution in [-0.4, -0.2) is 30.9 Å². The van der Waals surface area contributed by atoms with E-state index in [1.54, 1.807) is 13.8 Å². The average molecular weight is 222 g/mol. The fourth-order valence-electron chi connectivity index (χ4n) is 0.811. The molecule has 1 unspecified atom stereocenters. The number of rotatable bonds is 7. The maximum absolute atomic E-state index is 11.4. The zero-order chi connectivity index (χ0) is 11.0. The van der Waals surface area contributed by atoms with Crippen LogP contribution in [0.3, 0.4) is 0 Å². The van der Waals surface area contributed by atoms with Crippen molar-refractivity contribution in [2.75, 3.05) is 19.4 Å². The molecule has 0 rings (SSSR count). The Bertz CT molecular complexity index is 196. The Morgan fingerprint density at radius 2 is 2.00 bits per heavy atom. The van der Waals surface area contributed by atoms with Gasteiger partial charge >= 0.3 is 5.97 Å². The van der Waals surface area contributed by atoms with Crippen molar-refractivity contribution in [1.82, 2.24) is 0 Å². The molecule has 5 nitrogen and oxygen atoms in total. The topological polar surface area (TPSA) is 61.8 Å². The standard InChI is InChI=1S/C8H15O5P/c1-4-11-8(3,6-14-10)7(9)13-12-5-2/h4-6H2,1-3H3. The molecule has 0 radical (unpaired) electrons. The highest BCUT2D eigenvalue weighted by molar-refractivity contribution is 7.23. The van der Waals surface area contributed by atoms with Gasteiger partial charge in [-0.1, -0.05) is 0 Å². The number of carbonyl (C=O) groups excluding carboxylic acids is 1. The predicted octanol–water partition coefficient (Wildman–Crippen LogP) is 1.57. The molecule has 0 aliphatic carbocycles. The van der Waals surface area contributed by atoms with Crippen molar-refractivity contribution < 1.29 is 23.9 Å². The SMILES string of the molecule is CCOOC(=O)C(C)(CP=O)OCC. The Balaban J connectivity index is 4.30. The van der Waals surface area contributed by atoms with Crippen LogP contribution in [-0.2, 0) is 23.9 Å². The normalized spacial score (nSPS) is 15.1. The lowest BCUT2D eigenvalue weighted by Gasteiger charge is -2.23. The van der Waals surface area contributed by atoms with E-state index in [2.05, 4.69) is 9.78 Å². The van der Waals surface area contributed by atoms with Crippen LogP contribution in [0.4, 0.5) is 0 Å². The lowest BCUT2D eigenvalue weighted by molar-refractivity contribution is -0.283. The van der Waals surface area contributed by atoms with Gasteiger partial charge in [0.2, 0.25) is 0 Å². The van der Waals surface area contributed by atoms with Crippen LogP contribution in [0.2, 0.25) is 0 Å². The summed E-state index contributed by atoms with van der Waals surface area (Å²) in [6.45, 7) is 5.56. The first-order valence-electron chi connectivity index (χ1n) is 4.37. The van der Waals surface area contributed by atoms with Gasteiger partial charge in [-0.25, -0.2) is 4.79 Å². The summed E-state index contributed by atoms with van der Waals surface area (Å²) < 4.78 is 15.6. The molecule has 0 amide bonds. The van der Waals surface area contributed by atoms with Crippen molar-refractivity contribution in [3.05, 3.63) is 0 Å². The predicted molar refractivity (Wildman–Crippen MR) is 50.2 cm³/mol. The Hall–Kier alpha value is -0.510. The fraction of sp³-hybridized carbons (Fsp3) is 0.875. The lowest BCUT2D eigenvalue weighted by atomic mass is 10.1. The van der Waals surface area contributed by atoms with E-state index in [-0.39, 0.29) is 21.2 Å². The van der Waals surface area contributed by atoms with Crippen LogP contribution in [0.15, 0.2) is 0 Å². The molecule has 0 aromatic heterocycles. The lowest BCUT2D eigenvalue weighted by Crippen LogP contribution is -2.42. The van der Waals surface area contributed by atoms with Crippen molar-refractivity contribution in [3.63, 3.8) is 0 Å². The Morgan fingerprint density at radius 3 is 2.43 bits per heavy atom. The van der Waals surface area contributed by atoms with Crippen LogP contribution >= 0.6 is 8.46 Å². The van der Waals surface area contributed by atoms with Crippen molar-refractivity contribution in [1.29, 1.82) is 0 Å². The largest absolute Gasteiger partial charge is 0.374 e. The average Bonchev–Trinajstić information content (AvgIpc) is 2.15. The van der Waals surface area contributed by atoms with Gasteiger partial charge in [-0.15, -0.1) is 0 Å². The molecule has 0 saturated carbocycles. The molecule has 0 aliphatic rings. The van der Waals surface area contributed by atoms with E-state index in [4.69, 9.17) is 4.74 Å². The molecule has 0 heterocycles. The summed E-state index contributed by atoms with van der Waals surface area (Å²) in [5, 5.41) is 0. The minimum atomic E-state index is -1.20. The van der Waals surface area contributed by atoms with E-state index < -0.39 is 11.6 Å². The first-order valence-corrected chi connectivity index (χ1v) is 5.37. The fourth-order valence-corrected chi connectivity index (χ4v) is 1.28. The van der Waals surface area contributed by atoms with Crippen LogP contribution in [0.1, 0.15) is 20.8 Å². The van der Waals surface area contributed by atoms with Gasteiger partial charge in [0.1, 0.15) is 0 Å². The van der Waals surface area contributed by atoms with E-state index in [0.717, 1.165) is 0 Å². The summed E-state index contributed by atoms with van der Waals surface area (Å²) in [6, 6.07) is 0. The Kier molecular flexibility index (Phi) is 6.62. The number of hydrogen-bond acceptors (Lipinski definition) is 5. The first kappa shape index (κ1) is 13.5. The smallest absolute Gasteiger partial charge is 0.363 e. The van der Waals surface area contributed by atoms with E-state index in [9.17, 15) is 9.36 Å². The minimum absolute atomic E-state index is 0.0484. The van der Waals surface area contributed by atoms with Gasteiger partial charge in [0.05, 0.1) is 12.8 Å². The molecule has 0 bridgehead atoms. The Labute approximate surface area is 84.8 Å². The number of ether oxygens (including phenoxy) is 1. The third-order valence-electron chi connectivity index (χ3n) is 1.51. The number of hydrogen-bond donors (Lipinski definition) is 0. The minimum Gasteiger partial charge on any atom is -0.363 e. The third kappa shape index (κ3) is 4.13. The summed E-state index contributed by atoms with van der Waals surface area (Å²) in [5.41, 5.74) is -1.20. The highest BCUT2D eigenvalue weighted by Crippen LogP contribution is 2.18. The molecule has 14 heavy (non-hydrogen) atoms. The van der Waals surface area contributed by atoms with Crippen LogP contribution in [0.5, 0.6) is 0 Å². The van der Waals surface area contributed by atoms with E-state index >= 15 is 0 Å². The second-order valence-corrected chi connectivity index (χ2v) is 3.30. The van der Waals surface area contributed by atoms with Crippen LogP contribution in [0.25, 0.3) is 0 Å². The van der Waals surface area contributed by atoms with Crippen molar-refractivity contribution in [2.24, 2.45) is 0 Å². The molecule has 0 aromatic rings. The van der Waals surface area contributed by atoms with Gasteiger partial charge in [-0.2, -0.15) is 4.89 Å². The molecule has 0 aliphatic heterocycles. The maximum Gasteiger partial charge on any atom is 0.374 e. The molecule has 0 aromatic carbocycles. The van der Waals surface area contributed by atoms with E-state index in [0.29, 0.717) is 6.61 Å².